The Hall–Kier alpha value is -1.95. The summed E-state index contributed by atoms with van der Waals surface area (Å²) in [4.78, 5) is 0. The van der Waals surface area contributed by atoms with E-state index in [1.165, 1.54) is 0 Å². The summed E-state index contributed by atoms with van der Waals surface area (Å²) in [5, 5.41) is 15.3. The van der Waals surface area contributed by atoms with E-state index in [2.05, 4.69) is 27.8 Å². The number of nitrogens with one attached hydrogen (secondary N) is 1. The Labute approximate surface area is 111 Å². The Morgan fingerprint density at radius 2 is 2.16 bits per heavy atom. The lowest BCUT2D eigenvalue weighted by atomic mass is 10.0. The van der Waals surface area contributed by atoms with Gasteiger partial charge in [0.1, 0.15) is 0 Å². The second-order valence-corrected chi connectivity index (χ2v) is 4.80. The zero-order valence-corrected chi connectivity index (χ0v) is 10.9. The van der Waals surface area contributed by atoms with Gasteiger partial charge in [0.2, 0.25) is 5.95 Å². The van der Waals surface area contributed by atoms with Crippen LogP contribution in [0.15, 0.2) is 30.3 Å². The molecule has 2 aromatic rings. The van der Waals surface area contributed by atoms with Gasteiger partial charge in [0.05, 0.1) is 11.8 Å². The van der Waals surface area contributed by atoms with Crippen molar-refractivity contribution in [3.63, 3.8) is 0 Å². The zero-order valence-electron chi connectivity index (χ0n) is 10.9. The second-order valence-electron chi connectivity index (χ2n) is 4.80. The van der Waals surface area contributed by atoms with Gasteiger partial charge in [0, 0.05) is 12.6 Å². The van der Waals surface area contributed by atoms with Crippen LogP contribution in [-0.4, -0.2) is 39.0 Å². The maximum Gasteiger partial charge on any atom is 0.247 e. The van der Waals surface area contributed by atoms with Crippen molar-refractivity contribution in [3.05, 3.63) is 30.3 Å². The molecule has 1 saturated heterocycles. The quantitative estimate of drug-likeness (QED) is 0.907. The van der Waals surface area contributed by atoms with E-state index in [-0.39, 0.29) is 6.10 Å². The van der Waals surface area contributed by atoms with Gasteiger partial charge in [-0.2, -0.15) is 4.68 Å². The molecular formula is C13H17N5O. The summed E-state index contributed by atoms with van der Waals surface area (Å²) in [6.45, 7) is 2.87. The summed E-state index contributed by atoms with van der Waals surface area (Å²) in [6.07, 6.45) is 2.24. The number of aromatic nitrogens is 4. The lowest BCUT2D eigenvalue weighted by molar-refractivity contribution is 0.0231. The van der Waals surface area contributed by atoms with Crippen LogP contribution >= 0.6 is 0 Å². The van der Waals surface area contributed by atoms with Crippen molar-refractivity contribution >= 4 is 5.95 Å². The Bertz CT molecular complexity index is 527. The molecule has 1 aromatic carbocycles. The minimum absolute atomic E-state index is 0.285. The molecule has 1 fully saturated rings. The van der Waals surface area contributed by atoms with Crippen LogP contribution < -0.4 is 5.32 Å². The molecule has 6 heteroatoms. The van der Waals surface area contributed by atoms with E-state index >= 15 is 0 Å². The first-order valence-electron chi connectivity index (χ1n) is 6.55. The number of hydrogen-bond donors (Lipinski definition) is 1. The van der Waals surface area contributed by atoms with Crippen LogP contribution in [0.4, 0.5) is 5.95 Å². The molecule has 1 N–H and O–H groups in total. The first kappa shape index (κ1) is 12.1. The van der Waals surface area contributed by atoms with E-state index in [0.29, 0.717) is 12.0 Å². The first-order valence-corrected chi connectivity index (χ1v) is 6.55. The number of benzene rings is 1. The molecule has 0 aliphatic carbocycles. The average molecular weight is 259 g/mol. The van der Waals surface area contributed by atoms with Crippen LogP contribution in [0.3, 0.4) is 0 Å². The largest absolute Gasteiger partial charge is 0.378 e. The Morgan fingerprint density at radius 1 is 1.32 bits per heavy atom. The molecule has 3 rings (SSSR count). The van der Waals surface area contributed by atoms with Crippen LogP contribution in [-0.2, 0) is 4.74 Å². The van der Waals surface area contributed by atoms with E-state index in [4.69, 9.17) is 4.74 Å². The number of ether oxygens (including phenoxy) is 1. The number of anilines is 1. The topological polar surface area (TPSA) is 64.9 Å². The lowest BCUT2D eigenvalue weighted by Gasteiger charge is -2.27. The highest BCUT2D eigenvalue weighted by molar-refractivity contribution is 5.38. The van der Waals surface area contributed by atoms with Gasteiger partial charge in [0.25, 0.3) is 0 Å². The van der Waals surface area contributed by atoms with Gasteiger partial charge in [-0.15, -0.1) is 0 Å². The van der Waals surface area contributed by atoms with Crippen molar-refractivity contribution in [2.75, 3.05) is 11.9 Å². The molecule has 0 amide bonds. The van der Waals surface area contributed by atoms with E-state index in [9.17, 15) is 0 Å². The van der Waals surface area contributed by atoms with Gasteiger partial charge in [-0.25, -0.2) is 0 Å². The molecule has 0 bridgehead atoms. The summed E-state index contributed by atoms with van der Waals surface area (Å²) < 4.78 is 7.27. The van der Waals surface area contributed by atoms with Crippen molar-refractivity contribution < 1.29 is 4.74 Å². The summed E-state index contributed by atoms with van der Waals surface area (Å²) in [7, 11) is 0. The number of tetrazole rings is 1. The van der Waals surface area contributed by atoms with E-state index in [1.54, 1.807) is 4.68 Å². The molecule has 0 saturated carbocycles. The Morgan fingerprint density at radius 3 is 2.95 bits per heavy atom. The van der Waals surface area contributed by atoms with Gasteiger partial charge in [-0.1, -0.05) is 23.3 Å². The molecule has 2 atom stereocenters. The maximum absolute atomic E-state index is 5.54. The third kappa shape index (κ3) is 2.73. The molecule has 0 spiro atoms. The first-order chi connectivity index (χ1) is 9.33. The fourth-order valence-electron chi connectivity index (χ4n) is 2.33. The summed E-state index contributed by atoms with van der Waals surface area (Å²) in [5.74, 6) is 0.685. The molecule has 1 aliphatic rings. The van der Waals surface area contributed by atoms with Gasteiger partial charge in [-0.3, -0.25) is 0 Å². The summed E-state index contributed by atoms with van der Waals surface area (Å²) >= 11 is 0. The van der Waals surface area contributed by atoms with Crippen molar-refractivity contribution in [2.45, 2.75) is 31.9 Å². The Balaban J connectivity index is 1.77. The minimum atomic E-state index is 0.285. The molecule has 0 radical (unpaired) electrons. The molecule has 2 unspecified atom stereocenters. The van der Waals surface area contributed by atoms with Crippen LogP contribution in [0.5, 0.6) is 0 Å². The third-order valence-electron chi connectivity index (χ3n) is 3.29. The summed E-state index contributed by atoms with van der Waals surface area (Å²) in [5.41, 5.74) is 0.954. The number of hydrogen-bond acceptors (Lipinski definition) is 5. The molecule has 2 heterocycles. The molecule has 1 aromatic heterocycles. The fourth-order valence-corrected chi connectivity index (χ4v) is 2.33. The number of rotatable bonds is 3. The molecule has 19 heavy (non-hydrogen) atoms. The standard InChI is InChI=1S/C13H17N5O/c1-10-9-11(7-8-19-10)14-13-15-16-17-18(13)12-5-3-2-4-6-12/h2-6,10-11H,7-9H2,1H3,(H,14,15,17). The normalized spacial score (nSPS) is 23.2. The summed E-state index contributed by atoms with van der Waals surface area (Å²) in [6, 6.07) is 10.2. The number of para-hydroxylation sites is 1. The maximum atomic E-state index is 5.54. The highest BCUT2D eigenvalue weighted by Gasteiger charge is 2.21. The van der Waals surface area contributed by atoms with E-state index < -0.39 is 0 Å². The van der Waals surface area contributed by atoms with Gasteiger partial charge in [-0.05, 0) is 42.3 Å². The van der Waals surface area contributed by atoms with E-state index in [0.717, 1.165) is 25.1 Å². The molecular weight excluding hydrogens is 242 g/mol. The average Bonchev–Trinajstić information content (AvgIpc) is 2.88. The van der Waals surface area contributed by atoms with Gasteiger partial charge >= 0.3 is 0 Å². The van der Waals surface area contributed by atoms with Crippen LogP contribution in [0, 0.1) is 0 Å². The highest BCUT2D eigenvalue weighted by atomic mass is 16.5. The van der Waals surface area contributed by atoms with Gasteiger partial charge < -0.3 is 10.1 Å². The molecule has 1 aliphatic heterocycles. The van der Waals surface area contributed by atoms with Crippen molar-refractivity contribution in [1.29, 1.82) is 0 Å². The Kier molecular flexibility index (Phi) is 3.41. The van der Waals surface area contributed by atoms with Crippen LogP contribution in [0.1, 0.15) is 19.8 Å². The minimum Gasteiger partial charge on any atom is -0.378 e. The smallest absolute Gasteiger partial charge is 0.247 e. The van der Waals surface area contributed by atoms with E-state index in [1.807, 2.05) is 30.3 Å². The second kappa shape index (κ2) is 5.36. The predicted octanol–water partition coefficient (Wildman–Crippen LogP) is 1.64. The fraction of sp³-hybridized carbons (Fsp3) is 0.462. The molecule has 100 valence electrons. The van der Waals surface area contributed by atoms with Crippen LogP contribution in [0.2, 0.25) is 0 Å². The number of nitrogens with zero attached hydrogens (tertiary/aromatic N) is 4. The van der Waals surface area contributed by atoms with Crippen molar-refractivity contribution in [3.8, 4) is 5.69 Å². The SMILES string of the molecule is CC1CC(Nc2nnnn2-c2ccccc2)CCO1. The highest BCUT2D eigenvalue weighted by Crippen LogP contribution is 2.18. The third-order valence-corrected chi connectivity index (χ3v) is 3.29. The van der Waals surface area contributed by atoms with Crippen molar-refractivity contribution in [1.82, 2.24) is 20.2 Å². The predicted molar refractivity (Wildman–Crippen MR) is 71.2 cm³/mol. The monoisotopic (exact) mass is 259 g/mol. The van der Waals surface area contributed by atoms with Crippen LogP contribution in [0.25, 0.3) is 5.69 Å². The van der Waals surface area contributed by atoms with Crippen molar-refractivity contribution in [2.24, 2.45) is 0 Å². The zero-order chi connectivity index (χ0) is 13.1. The molecule has 6 nitrogen and oxygen atoms in total. The lowest BCUT2D eigenvalue weighted by Crippen LogP contribution is -2.33. The van der Waals surface area contributed by atoms with Gasteiger partial charge in [0.15, 0.2) is 0 Å².